The molecule has 0 aliphatic carbocycles. The Morgan fingerprint density at radius 3 is 2.74 bits per heavy atom. The molecule has 5 heteroatoms. The van der Waals surface area contributed by atoms with E-state index in [0.29, 0.717) is 12.2 Å². The first-order valence-corrected chi connectivity index (χ1v) is 6.04. The third-order valence-corrected chi connectivity index (χ3v) is 2.15. The maximum atomic E-state index is 12.8. The number of carbonyl (C=O) groups excluding carboxylic acids is 1. The summed E-state index contributed by atoms with van der Waals surface area (Å²) < 4.78 is 17.9. The SMILES string of the molecule is Cc1nc(F)ccc1C=CCNC(=O)OC(C)(C)C. The molecule has 0 saturated heterocycles. The lowest BCUT2D eigenvalue weighted by Crippen LogP contribution is -2.32. The Morgan fingerprint density at radius 1 is 1.47 bits per heavy atom. The molecule has 1 amide bonds. The quantitative estimate of drug-likeness (QED) is 0.855. The Balaban J connectivity index is 2.44. The molecule has 0 radical (unpaired) electrons. The standard InChI is InChI=1S/C14H19FN2O2/c1-10-11(7-8-12(15)17-10)6-5-9-16-13(18)19-14(2,3)4/h5-8H,9H2,1-4H3,(H,16,18). The van der Waals surface area contributed by atoms with Gasteiger partial charge in [0.05, 0.1) is 0 Å². The molecule has 0 aromatic carbocycles. The highest BCUT2D eigenvalue weighted by Gasteiger charge is 2.14. The van der Waals surface area contributed by atoms with Gasteiger partial charge in [0, 0.05) is 12.2 Å². The Hall–Kier alpha value is -1.91. The van der Waals surface area contributed by atoms with E-state index < -0.39 is 17.6 Å². The van der Waals surface area contributed by atoms with E-state index in [4.69, 9.17) is 4.74 Å². The minimum absolute atomic E-state index is 0.339. The number of alkyl carbamates (subject to hydrolysis) is 1. The summed E-state index contributed by atoms with van der Waals surface area (Å²) in [5.74, 6) is -0.499. The van der Waals surface area contributed by atoms with Crippen molar-refractivity contribution in [3.8, 4) is 0 Å². The van der Waals surface area contributed by atoms with Crippen molar-refractivity contribution in [2.75, 3.05) is 6.54 Å². The highest BCUT2D eigenvalue weighted by molar-refractivity contribution is 5.68. The van der Waals surface area contributed by atoms with Crippen LogP contribution in [-0.2, 0) is 4.74 Å². The fourth-order valence-corrected chi connectivity index (χ4v) is 1.36. The first-order chi connectivity index (χ1) is 8.78. The van der Waals surface area contributed by atoms with E-state index in [1.165, 1.54) is 6.07 Å². The van der Waals surface area contributed by atoms with Crippen LogP contribution < -0.4 is 5.32 Å². The van der Waals surface area contributed by atoms with E-state index in [-0.39, 0.29) is 0 Å². The molecule has 0 fully saturated rings. The molecular formula is C14H19FN2O2. The van der Waals surface area contributed by atoms with Gasteiger partial charge in [-0.15, -0.1) is 0 Å². The van der Waals surface area contributed by atoms with Gasteiger partial charge in [0.25, 0.3) is 0 Å². The molecule has 0 bridgehead atoms. The van der Waals surface area contributed by atoms with Crippen LogP contribution >= 0.6 is 0 Å². The number of rotatable bonds is 3. The Labute approximate surface area is 112 Å². The number of carbonyl (C=O) groups is 1. The van der Waals surface area contributed by atoms with Gasteiger partial charge in [-0.1, -0.05) is 12.2 Å². The minimum atomic E-state index is -0.509. The number of nitrogens with zero attached hydrogens (tertiary/aromatic N) is 1. The summed E-state index contributed by atoms with van der Waals surface area (Å²) in [4.78, 5) is 15.1. The molecule has 1 aromatic heterocycles. The first-order valence-electron chi connectivity index (χ1n) is 6.04. The van der Waals surface area contributed by atoms with Gasteiger partial charge >= 0.3 is 6.09 Å². The van der Waals surface area contributed by atoms with Gasteiger partial charge < -0.3 is 10.1 Å². The summed E-state index contributed by atoms with van der Waals surface area (Å²) in [6.07, 6.45) is 3.07. The number of amides is 1. The van der Waals surface area contributed by atoms with E-state index in [1.807, 2.05) is 0 Å². The minimum Gasteiger partial charge on any atom is -0.444 e. The zero-order chi connectivity index (χ0) is 14.5. The predicted molar refractivity (Wildman–Crippen MR) is 72.2 cm³/mol. The topological polar surface area (TPSA) is 51.2 Å². The zero-order valence-corrected chi connectivity index (χ0v) is 11.7. The van der Waals surface area contributed by atoms with Gasteiger partial charge in [-0.2, -0.15) is 4.39 Å². The lowest BCUT2D eigenvalue weighted by atomic mass is 10.2. The molecule has 0 saturated carbocycles. The zero-order valence-electron chi connectivity index (χ0n) is 11.7. The fourth-order valence-electron chi connectivity index (χ4n) is 1.36. The van der Waals surface area contributed by atoms with Gasteiger partial charge in [0.2, 0.25) is 5.95 Å². The highest BCUT2D eigenvalue weighted by atomic mass is 19.1. The molecule has 1 rings (SSSR count). The molecule has 0 aliphatic rings. The van der Waals surface area contributed by atoms with Gasteiger partial charge in [0.1, 0.15) is 5.60 Å². The molecule has 1 heterocycles. The van der Waals surface area contributed by atoms with Crippen molar-refractivity contribution in [1.29, 1.82) is 0 Å². The van der Waals surface area contributed by atoms with Crippen LogP contribution in [0.25, 0.3) is 6.08 Å². The average molecular weight is 266 g/mol. The molecule has 0 aliphatic heterocycles. The summed E-state index contributed by atoms with van der Waals surface area (Å²) in [6.45, 7) is 7.47. The second kappa shape index (κ2) is 6.31. The fraction of sp³-hybridized carbons (Fsp3) is 0.429. The second-order valence-corrected chi connectivity index (χ2v) is 5.09. The smallest absolute Gasteiger partial charge is 0.407 e. The molecular weight excluding hydrogens is 247 g/mol. The van der Waals surface area contributed by atoms with E-state index in [9.17, 15) is 9.18 Å². The van der Waals surface area contributed by atoms with Crippen LogP contribution in [-0.4, -0.2) is 23.2 Å². The first kappa shape index (κ1) is 15.1. The number of pyridine rings is 1. The molecule has 4 nitrogen and oxygen atoms in total. The summed E-state index contributed by atoms with van der Waals surface area (Å²) in [5.41, 5.74) is 0.909. The molecule has 0 spiro atoms. The summed E-state index contributed by atoms with van der Waals surface area (Å²) >= 11 is 0. The van der Waals surface area contributed by atoms with Crippen LogP contribution in [0.2, 0.25) is 0 Å². The van der Waals surface area contributed by atoms with Gasteiger partial charge in [-0.05, 0) is 45.4 Å². The molecule has 0 atom stereocenters. The summed E-state index contributed by atoms with van der Waals surface area (Å²) in [5, 5.41) is 2.60. The van der Waals surface area contributed by atoms with Gasteiger partial charge in [0.15, 0.2) is 0 Å². The van der Waals surface area contributed by atoms with Gasteiger partial charge in [-0.25, -0.2) is 9.78 Å². The van der Waals surface area contributed by atoms with E-state index in [0.717, 1.165) is 5.56 Å². The number of nitrogens with one attached hydrogen (secondary N) is 1. The van der Waals surface area contributed by atoms with E-state index in [1.54, 1.807) is 45.9 Å². The van der Waals surface area contributed by atoms with Crippen LogP contribution in [0.15, 0.2) is 18.2 Å². The van der Waals surface area contributed by atoms with E-state index >= 15 is 0 Å². The molecule has 1 aromatic rings. The van der Waals surface area contributed by atoms with Crippen LogP contribution in [0.4, 0.5) is 9.18 Å². The predicted octanol–water partition coefficient (Wildman–Crippen LogP) is 3.07. The highest BCUT2D eigenvalue weighted by Crippen LogP contribution is 2.08. The van der Waals surface area contributed by atoms with Crippen molar-refractivity contribution < 1.29 is 13.9 Å². The Morgan fingerprint density at radius 2 is 2.16 bits per heavy atom. The lowest BCUT2D eigenvalue weighted by molar-refractivity contribution is 0.0534. The van der Waals surface area contributed by atoms with Crippen LogP contribution in [0.3, 0.4) is 0 Å². The third kappa shape index (κ3) is 5.99. The number of halogens is 1. The number of aryl methyl sites for hydroxylation is 1. The molecule has 104 valence electrons. The lowest BCUT2D eigenvalue weighted by Gasteiger charge is -2.19. The van der Waals surface area contributed by atoms with Crippen molar-refractivity contribution in [3.05, 3.63) is 35.4 Å². The molecule has 1 N–H and O–H groups in total. The maximum Gasteiger partial charge on any atom is 0.407 e. The monoisotopic (exact) mass is 266 g/mol. The number of hydrogen-bond donors (Lipinski definition) is 1. The normalized spacial score (nSPS) is 11.6. The van der Waals surface area contributed by atoms with Gasteiger partial charge in [-0.3, -0.25) is 0 Å². The number of ether oxygens (including phenoxy) is 1. The summed E-state index contributed by atoms with van der Waals surface area (Å²) in [7, 11) is 0. The Bertz CT molecular complexity index is 479. The molecule has 19 heavy (non-hydrogen) atoms. The largest absolute Gasteiger partial charge is 0.444 e. The third-order valence-electron chi connectivity index (χ3n) is 2.15. The summed E-state index contributed by atoms with van der Waals surface area (Å²) in [6, 6.07) is 2.94. The maximum absolute atomic E-state index is 12.8. The van der Waals surface area contributed by atoms with Crippen molar-refractivity contribution in [2.45, 2.75) is 33.3 Å². The van der Waals surface area contributed by atoms with E-state index in [2.05, 4.69) is 10.3 Å². The van der Waals surface area contributed by atoms with Crippen molar-refractivity contribution in [1.82, 2.24) is 10.3 Å². The van der Waals surface area contributed by atoms with Crippen molar-refractivity contribution in [2.24, 2.45) is 0 Å². The van der Waals surface area contributed by atoms with Crippen LogP contribution in [0.1, 0.15) is 32.0 Å². The molecule has 0 unspecified atom stereocenters. The van der Waals surface area contributed by atoms with Crippen LogP contribution in [0.5, 0.6) is 0 Å². The van der Waals surface area contributed by atoms with Crippen molar-refractivity contribution >= 4 is 12.2 Å². The number of aromatic nitrogens is 1. The average Bonchev–Trinajstić information content (AvgIpc) is 2.24. The second-order valence-electron chi connectivity index (χ2n) is 5.09. The van der Waals surface area contributed by atoms with Crippen LogP contribution in [0, 0.1) is 12.9 Å². The van der Waals surface area contributed by atoms with Crippen molar-refractivity contribution in [3.63, 3.8) is 0 Å². The Kier molecular flexibility index (Phi) is 5.03. The number of hydrogen-bond acceptors (Lipinski definition) is 3.